The Morgan fingerprint density at radius 2 is 1.89 bits per heavy atom. The molecule has 1 saturated heterocycles. The first kappa shape index (κ1) is 18.0. The topological polar surface area (TPSA) is 40.6 Å². The van der Waals surface area contributed by atoms with Crippen molar-refractivity contribution >= 4 is 29.3 Å². The van der Waals surface area contributed by atoms with E-state index in [-0.39, 0.29) is 36.9 Å². The Balaban J connectivity index is 1.69. The summed E-state index contributed by atoms with van der Waals surface area (Å²) in [4.78, 5) is 28.8. The number of rotatable bonds is 4. The van der Waals surface area contributed by atoms with E-state index in [0.717, 1.165) is 10.6 Å². The van der Waals surface area contributed by atoms with Crippen LogP contribution in [0.4, 0.5) is 14.5 Å². The van der Waals surface area contributed by atoms with Gasteiger partial charge in [0.15, 0.2) is 4.87 Å². The van der Waals surface area contributed by atoms with Crippen LogP contribution in [-0.2, 0) is 16.1 Å². The predicted molar refractivity (Wildman–Crippen MR) is 99.2 cm³/mol. The molecule has 7 heteroatoms. The largest absolute Gasteiger partial charge is 0.336 e. The molecule has 2 aromatic rings. The molecule has 0 aliphatic carbocycles. The second-order valence-corrected chi connectivity index (χ2v) is 7.92. The van der Waals surface area contributed by atoms with Gasteiger partial charge in [-0.3, -0.25) is 14.5 Å². The van der Waals surface area contributed by atoms with Gasteiger partial charge in [-0.05, 0) is 37.6 Å². The summed E-state index contributed by atoms with van der Waals surface area (Å²) >= 11 is 1.36. The van der Waals surface area contributed by atoms with Crippen LogP contribution < -0.4 is 4.90 Å². The molecule has 2 aliphatic rings. The third-order valence-corrected chi connectivity index (χ3v) is 6.55. The summed E-state index contributed by atoms with van der Waals surface area (Å²) in [6, 6.07) is 11.1. The monoisotopic (exact) mass is 388 g/mol. The molecule has 140 valence electrons. The zero-order chi connectivity index (χ0) is 19.2. The third kappa shape index (κ3) is 2.72. The van der Waals surface area contributed by atoms with Crippen molar-refractivity contribution in [1.29, 1.82) is 0 Å². The number of anilines is 1. The third-order valence-electron chi connectivity index (χ3n) is 5.09. The quantitative estimate of drug-likeness (QED) is 0.797. The van der Waals surface area contributed by atoms with E-state index in [2.05, 4.69) is 0 Å². The molecule has 2 aromatic carbocycles. The highest BCUT2D eigenvalue weighted by molar-refractivity contribution is 8.02. The molecule has 0 spiro atoms. The Bertz CT molecular complexity index is 916. The summed E-state index contributed by atoms with van der Waals surface area (Å²) in [6.07, 6.45) is 0.652. The number of amides is 2. The molecular weight excluding hydrogens is 370 g/mol. The van der Waals surface area contributed by atoms with Gasteiger partial charge >= 0.3 is 0 Å². The van der Waals surface area contributed by atoms with Gasteiger partial charge in [0, 0.05) is 23.4 Å². The Morgan fingerprint density at radius 3 is 2.59 bits per heavy atom. The van der Waals surface area contributed by atoms with Gasteiger partial charge in [0.05, 0.1) is 12.2 Å². The van der Waals surface area contributed by atoms with Crippen molar-refractivity contribution in [2.45, 2.75) is 36.1 Å². The number of benzene rings is 2. The molecule has 2 aliphatic heterocycles. The van der Waals surface area contributed by atoms with E-state index in [0.29, 0.717) is 6.42 Å². The minimum absolute atomic E-state index is 0.103. The summed E-state index contributed by atoms with van der Waals surface area (Å²) < 4.78 is 28.2. The highest BCUT2D eigenvalue weighted by Crippen LogP contribution is 2.56. The second kappa shape index (κ2) is 6.64. The average molecular weight is 388 g/mol. The minimum Gasteiger partial charge on any atom is -0.336 e. The van der Waals surface area contributed by atoms with Crippen molar-refractivity contribution in [2.75, 3.05) is 11.4 Å². The molecule has 2 heterocycles. The number of hydrogen-bond acceptors (Lipinski definition) is 3. The molecule has 4 nitrogen and oxygen atoms in total. The Hall–Kier alpha value is -2.41. The second-order valence-electron chi connectivity index (χ2n) is 6.60. The number of para-hydroxylation sites is 1. The van der Waals surface area contributed by atoms with Gasteiger partial charge < -0.3 is 4.90 Å². The number of carbonyl (C=O) groups excluding carboxylic acids is 2. The number of halogens is 2. The molecule has 0 radical (unpaired) electrons. The number of fused-ring (bicyclic) bond motifs is 3. The maximum Gasteiger partial charge on any atom is 0.260 e. The van der Waals surface area contributed by atoms with Crippen molar-refractivity contribution in [3.63, 3.8) is 0 Å². The Morgan fingerprint density at radius 1 is 1.19 bits per heavy atom. The molecule has 1 fully saturated rings. The number of hydrogen-bond donors (Lipinski definition) is 0. The highest BCUT2D eigenvalue weighted by atomic mass is 32.2. The fourth-order valence-corrected chi connectivity index (χ4v) is 5.22. The van der Waals surface area contributed by atoms with E-state index in [1.165, 1.54) is 34.9 Å². The van der Waals surface area contributed by atoms with Gasteiger partial charge in [0.2, 0.25) is 5.91 Å². The normalized spacial score (nSPS) is 20.6. The van der Waals surface area contributed by atoms with Crippen molar-refractivity contribution in [2.24, 2.45) is 0 Å². The standard InChI is InChI=1S/C20H18F2N2O2S/c1-2-23(12-13-14(21)6-5-7-15(13)22)19(26)20-11-10-18(25)24(20)16-8-3-4-9-17(16)27-20/h3-9H,2,10-12H2,1H3. The summed E-state index contributed by atoms with van der Waals surface area (Å²) in [7, 11) is 0. The van der Waals surface area contributed by atoms with Gasteiger partial charge in [0.25, 0.3) is 5.91 Å². The average Bonchev–Trinajstić information content (AvgIpc) is 3.17. The Kier molecular flexibility index (Phi) is 4.42. The molecule has 27 heavy (non-hydrogen) atoms. The number of nitrogens with zero attached hydrogens (tertiary/aromatic N) is 2. The lowest BCUT2D eigenvalue weighted by Crippen LogP contribution is -2.53. The van der Waals surface area contributed by atoms with E-state index >= 15 is 0 Å². The predicted octanol–water partition coefficient (Wildman–Crippen LogP) is 3.94. The van der Waals surface area contributed by atoms with E-state index < -0.39 is 16.5 Å². The molecule has 0 aromatic heterocycles. The van der Waals surface area contributed by atoms with Crippen molar-refractivity contribution < 1.29 is 18.4 Å². The van der Waals surface area contributed by atoms with Gasteiger partial charge in [-0.2, -0.15) is 0 Å². The zero-order valence-electron chi connectivity index (χ0n) is 14.7. The summed E-state index contributed by atoms with van der Waals surface area (Å²) in [5, 5.41) is 0. The molecule has 0 saturated carbocycles. The maximum absolute atomic E-state index is 14.1. The van der Waals surface area contributed by atoms with Crippen LogP contribution in [0.5, 0.6) is 0 Å². The van der Waals surface area contributed by atoms with Gasteiger partial charge in [-0.25, -0.2) is 8.78 Å². The lowest BCUT2D eigenvalue weighted by molar-refractivity contribution is -0.134. The van der Waals surface area contributed by atoms with E-state index in [1.54, 1.807) is 11.8 Å². The first-order valence-electron chi connectivity index (χ1n) is 8.81. The molecule has 1 unspecified atom stereocenters. The molecule has 1 atom stereocenters. The van der Waals surface area contributed by atoms with Gasteiger partial charge in [0.1, 0.15) is 11.6 Å². The van der Waals surface area contributed by atoms with Crippen LogP contribution in [0, 0.1) is 11.6 Å². The first-order chi connectivity index (χ1) is 13.0. The molecule has 2 amide bonds. The van der Waals surface area contributed by atoms with Crippen molar-refractivity contribution in [1.82, 2.24) is 4.90 Å². The lowest BCUT2D eigenvalue weighted by atomic mass is 10.1. The number of carbonyl (C=O) groups is 2. The van der Waals surface area contributed by atoms with Crippen LogP contribution in [0.15, 0.2) is 47.4 Å². The molecule has 0 N–H and O–H groups in total. The maximum atomic E-state index is 14.1. The lowest BCUT2D eigenvalue weighted by Gasteiger charge is -2.35. The van der Waals surface area contributed by atoms with E-state index in [1.807, 2.05) is 24.3 Å². The summed E-state index contributed by atoms with van der Waals surface area (Å²) in [6.45, 7) is 1.88. The summed E-state index contributed by atoms with van der Waals surface area (Å²) in [5.41, 5.74) is 0.590. The minimum atomic E-state index is -1.07. The molecular formula is C20H18F2N2O2S. The van der Waals surface area contributed by atoms with Crippen molar-refractivity contribution in [3.8, 4) is 0 Å². The fraction of sp³-hybridized carbons (Fsp3) is 0.300. The van der Waals surface area contributed by atoms with Crippen LogP contribution in [0.1, 0.15) is 25.3 Å². The first-order valence-corrected chi connectivity index (χ1v) is 9.63. The highest BCUT2D eigenvalue weighted by Gasteiger charge is 2.58. The fourth-order valence-electron chi connectivity index (χ4n) is 3.73. The smallest absolute Gasteiger partial charge is 0.260 e. The van der Waals surface area contributed by atoms with Crippen LogP contribution >= 0.6 is 11.8 Å². The molecule has 4 rings (SSSR count). The molecule has 0 bridgehead atoms. The van der Waals surface area contributed by atoms with Gasteiger partial charge in [-0.15, -0.1) is 0 Å². The summed E-state index contributed by atoms with van der Waals surface area (Å²) in [5.74, 6) is -1.76. The van der Waals surface area contributed by atoms with E-state index in [4.69, 9.17) is 0 Å². The van der Waals surface area contributed by atoms with Gasteiger partial charge in [-0.1, -0.05) is 30.0 Å². The number of thioether (sulfide) groups is 1. The van der Waals surface area contributed by atoms with Crippen LogP contribution in [0.25, 0.3) is 0 Å². The van der Waals surface area contributed by atoms with Crippen LogP contribution in [-0.4, -0.2) is 28.1 Å². The van der Waals surface area contributed by atoms with E-state index in [9.17, 15) is 18.4 Å². The SMILES string of the molecule is CCN(Cc1c(F)cccc1F)C(=O)C12CCC(=O)N1c1ccccc1S2. The van der Waals surface area contributed by atoms with Crippen LogP contribution in [0.2, 0.25) is 0 Å². The van der Waals surface area contributed by atoms with Crippen LogP contribution in [0.3, 0.4) is 0 Å². The zero-order valence-corrected chi connectivity index (χ0v) is 15.6. The van der Waals surface area contributed by atoms with Crippen molar-refractivity contribution in [3.05, 3.63) is 59.7 Å². The Labute approximate surface area is 160 Å². The number of likely N-dealkylation sites (N-methyl/N-ethyl adjacent to an activating group) is 1.